The molecule has 0 aliphatic heterocycles. The van der Waals surface area contributed by atoms with Crippen LogP contribution in [-0.2, 0) is 13.1 Å². The van der Waals surface area contributed by atoms with E-state index < -0.39 is 0 Å². The first-order valence-electron chi connectivity index (χ1n) is 9.09. The fourth-order valence-corrected chi connectivity index (χ4v) is 2.90. The van der Waals surface area contributed by atoms with Gasteiger partial charge in [0.05, 0.1) is 11.4 Å². The Balaban J connectivity index is 0.000000941. The zero-order chi connectivity index (χ0) is 21.4. The molecule has 3 rings (SSSR count). The SMILES string of the molecule is CC(=Nc1ccccc1C)c1ccc(C(C)=Nc2c(C)cccc2C)[n-]1.[Cl][Fe+][Cl]. The van der Waals surface area contributed by atoms with Gasteiger partial charge in [-0.2, -0.15) is 0 Å². The summed E-state index contributed by atoms with van der Waals surface area (Å²) in [7, 11) is 9.53. The Hall–Kier alpha value is -1.84. The van der Waals surface area contributed by atoms with Crippen molar-refractivity contribution in [2.45, 2.75) is 34.6 Å². The van der Waals surface area contributed by atoms with Crippen molar-refractivity contribution >= 4 is 43.0 Å². The number of rotatable bonds is 4. The summed E-state index contributed by atoms with van der Waals surface area (Å²) in [6, 6.07) is 18.4. The Kier molecular flexibility index (Phi) is 9.19. The Morgan fingerprint density at radius 2 is 1.21 bits per heavy atom. The van der Waals surface area contributed by atoms with Gasteiger partial charge in [0.1, 0.15) is 0 Å². The second-order valence-electron chi connectivity index (χ2n) is 6.69. The molecular weight excluding hydrogens is 445 g/mol. The van der Waals surface area contributed by atoms with E-state index in [9.17, 15) is 0 Å². The van der Waals surface area contributed by atoms with Crippen LogP contribution in [0.2, 0.25) is 0 Å². The number of para-hydroxylation sites is 2. The molecule has 0 N–H and O–H groups in total. The van der Waals surface area contributed by atoms with Crippen LogP contribution in [0.1, 0.15) is 41.9 Å². The first-order valence-corrected chi connectivity index (χ1v) is 12.1. The monoisotopic (exact) mass is 468 g/mol. The van der Waals surface area contributed by atoms with Crippen molar-refractivity contribution in [3.63, 3.8) is 0 Å². The number of nitrogens with zero attached hydrogens (tertiary/aromatic N) is 3. The van der Waals surface area contributed by atoms with Crippen molar-refractivity contribution in [1.29, 1.82) is 0 Å². The van der Waals surface area contributed by atoms with E-state index in [0.717, 1.165) is 39.7 Å². The van der Waals surface area contributed by atoms with E-state index in [0.29, 0.717) is 0 Å². The van der Waals surface area contributed by atoms with Gasteiger partial charge in [-0.1, -0.05) is 48.5 Å². The summed E-state index contributed by atoms with van der Waals surface area (Å²) in [4.78, 5) is 14.3. The van der Waals surface area contributed by atoms with Crippen LogP contribution in [0.15, 0.2) is 64.6 Å². The van der Waals surface area contributed by atoms with Crippen LogP contribution in [0.25, 0.3) is 0 Å². The molecule has 0 fully saturated rings. The van der Waals surface area contributed by atoms with Crippen LogP contribution >= 0.6 is 20.2 Å². The molecule has 0 atom stereocenters. The van der Waals surface area contributed by atoms with Crippen LogP contribution in [0.4, 0.5) is 11.4 Å². The van der Waals surface area contributed by atoms with Gasteiger partial charge in [-0.15, -0.1) is 11.4 Å². The van der Waals surface area contributed by atoms with E-state index in [1.165, 1.54) is 11.1 Å². The third kappa shape index (κ3) is 6.58. The third-order valence-electron chi connectivity index (χ3n) is 4.50. The van der Waals surface area contributed by atoms with Crippen molar-refractivity contribution in [2.24, 2.45) is 9.98 Å². The van der Waals surface area contributed by atoms with E-state index in [2.05, 4.69) is 45.0 Å². The second kappa shape index (κ2) is 11.4. The first kappa shape index (κ1) is 23.4. The molecule has 0 spiro atoms. The van der Waals surface area contributed by atoms with Gasteiger partial charge in [0.15, 0.2) is 0 Å². The number of aromatic nitrogens is 1. The molecule has 0 saturated heterocycles. The summed E-state index contributed by atoms with van der Waals surface area (Å²) >= 11 is 0.194. The Morgan fingerprint density at radius 3 is 1.76 bits per heavy atom. The number of halogens is 2. The molecule has 2 aromatic carbocycles. The summed E-state index contributed by atoms with van der Waals surface area (Å²) < 4.78 is 0. The molecule has 1 heterocycles. The molecule has 3 nitrogen and oxygen atoms in total. The number of aliphatic imine (C=N–C) groups is 2. The topological polar surface area (TPSA) is 38.8 Å². The van der Waals surface area contributed by atoms with Crippen molar-refractivity contribution in [3.05, 3.63) is 82.7 Å². The van der Waals surface area contributed by atoms with E-state index in [-0.39, 0.29) is 13.1 Å². The third-order valence-corrected chi connectivity index (χ3v) is 4.50. The molecule has 0 radical (unpaired) electrons. The standard InChI is InChI=1S/C23H24N3.2ClH.Fe/c1-15-9-6-7-12-20(15)24-18(4)21-13-14-22(26-21)19(5)25-23-16(2)10-8-11-17(23)3;;;/h6-14H,1-5H3;2*1H;/q-1;;;+3/p-2. The van der Waals surface area contributed by atoms with Gasteiger partial charge in [0.25, 0.3) is 0 Å². The number of hydrogen-bond acceptors (Lipinski definition) is 2. The fraction of sp³-hybridized carbons (Fsp3) is 0.217. The molecule has 0 aliphatic rings. The van der Waals surface area contributed by atoms with Crippen molar-refractivity contribution in [1.82, 2.24) is 4.98 Å². The number of hydrogen-bond donors (Lipinski definition) is 0. The zero-order valence-electron chi connectivity index (χ0n) is 17.1. The summed E-state index contributed by atoms with van der Waals surface area (Å²) in [5.74, 6) is 0. The number of aryl methyl sites for hydroxylation is 3. The molecular formula is C23H24Cl2FeN3. The van der Waals surface area contributed by atoms with Gasteiger partial charge in [-0.3, -0.25) is 9.98 Å². The summed E-state index contributed by atoms with van der Waals surface area (Å²) in [5, 5.41) is 0. The van der Waals surface area contributed by atoms with E-state index in [1.54, 1.807) is 0 Å². The predicted octanol–water partition coefficient (Wildman–Crippen LogP) is 7.23. The van der Waals surface area contributed by atoms with E-state index >= 15 is 0 Å². The van der Waals surface area contributed by atoms with E-state index in [1.807, 2.05) is 44.2 Å². The van der Waals surface area contributed by atoms with Gasteiger partial charge in [-0.25, -0.2) is 0 Å². The van der Waals surface area contributed by atoms with Crippen LogP contribution in [0.5, 0.6) is 0 Å². The number of benzene rings is 2. The summed E-state index contributed by atoms with van der Waals surface area (Å²) in [6.07, 6.45) is 0. The molecule has 1 aromatic heterocycles. The predicted molar refractivity (Wildman–Crippen MR) is 122 cm³/mol. The van der Waals surface area contributed by atoms with Crippen molar-refractivity contribution < 1.29 is 13.1 Å². The molecule has 0 unspecified atom stereocenters. The molecule has 3 aromatic rings. The zero-order valence-corrected chi connectivity index (χ0v) is 19.8. The van der Waals surface area contributed by atoms with Gasteiger partial charge >= 0.3 is 33.3 Å². The molecule has 6 heteroatoms. The van der Waals surface area contributed by atoms with Crippen molar-refractivity contribution in [2.75, 3.05) is 0 Å². The fourth-order valence-electron chi connectivity index (χ4n) is 2.90. The van der Waals surface area contributed by atoms with Crippen LogP contribution in [-0.4, -0.2) is 11.4 Å². The van der Waals surface area contributed by atoms with Crippen LogP contribution in [0, 0.1) is 20.8 Å². The second-order valence-corrected chi connectivity index (χ2v) is 8.51. The van der Waals surface area contributed by atoms with Crippen LogP contribution < -0.4 is 4.98 Å². The quantitative estimate of drug-likeness (QED) is 0.294. The van der Waals surface area contributed by atoms with Gasteiger partial charge in [0, 0.05) is 11.4 Å². The molecule has 0 saturated carbocycles. The maximum absolute atomic E-state index is 4.81. The van der Waals surface area contributed by atoms with Crippen molar-refractivity contribution in [3.8, 4) is 0 Å². The molecule has 153 valence electrons. The Bertz CT molecular complexity index is 1000. The summed E-state index contributed by atoms with van der Waals surface area (Å²) in [6.45, 7) is 10.2. The summed E-state index contributed by atoms with van der Waals surface area (Å²) in [5.41, 5.74) is 9.12. The normalized spacial score (nSPS) is 11.8. The maximum atomic E-state index is 4.81. The molecule has 29 heavy (non-hydrogen) atoms. The Labute approximate surface area is 187 Å². The minimum absolute atomic E-state index is 0.194. The van der Waals surface area contributed by atoms with Crippen LogP contribution in [0.3, 0.4) is 0 Å². The van der Waals surface area contributed by atoms with Gasteiger partial charge in [0.2, 0.25) is 0 Å². The average Bonchev–Trinajstić information content (AvgIpc) is 3.18. The molecule has 0 bridgehead atoms. The average molecular weight is 469 g/mol. The first-order chi connectivity index (χ1) is 13.9. The minimum atomic E-state index is 0.194. The molecule has 0 amide bonds. The van der Waals surface area contributed by atoms with Gasteiger partial charge in [-0.05, 0) is 57.4 Å². The van der Waals surface area contributed by atoms with Gasteiger partial charge < -0.3 is 4.98 Å². The Morgan fingerprint density at radius 1 is 0.724 bits per heavy atom. The molecule has 0 aliphatic carbocycles. The van der Waals surface area contributed by atoms with E-state index in [4.69, 9.17) is 35.2 Å².